The van der Waals surface area contributed by atoms with E-state index in [0.29, 0.717) is 0 Å². The summed E-state index contributed by atoms with van der Waals surface area (Å²) in [7, 11) is 0. The van der Waals surface area contributed by atoms with Gasteiger partial charge in [-0.2, -0.15) is 0 Å². The van der Waals surface area contributed by atoms with Gasteiger partial charge in [0.2, 0.25) is 3.79 Å². The van der Waals surface area contributed by atoms with E-state index in [4.69, 9.17) is 44.6 Å². The molecule has 18 heavy (non-hydrogen) atoms. The number of rotatable bonds is 2. The number of carboxylic acid groups (broad SMARTS) is 1. The fourth-order valence-corrected chi connectivity index (χ4v) is 2.16. The van der Waals surface area contributed by atoms with E-state index in [1.54, 1.807) is 24.3 Å². The van der Waals surface area contributed by atoms with Gasteiger partial charge in [-0.15, -0.1) is 0 Å². The summed E-state index contributed by atoms with van der Waals surface area (Å²) in [5.41, 5.74) is 0.765. The Morgan fingerprint density at radius 3 is 2.39 bits per heavy atom. The molecule has 1 heterocycles. The number of aliphatic carboxylic acids is 1. The number of carboxylic acids is 1. The Kier molecular flexibility index (Phi) is 4.04. The second-order valence-electron chi connectivity index (χ2n) is 3.87. The van der Waals surface area contributed by atoms with Gasteiger partial charge >= 0.3 is 5.97 Å². The van der Waals surface area contributed by atoms with E-state index in [-0.39, 0.29) is 0 Å². The molecule has 1 aromatic carbocycles. The van der Waals surface area contributed by atoms with Crippen LogP contribution in [0.3, 0.4) is 0 Å². The van der Waals surface area contributed by atoms with Crippen molar-refractivity contribution in [3.8, 4) is 0 Å². The third kappa shape index (κ3) is 2.90. The van der Waals surface area contributed by atoms with Crippen LogP contribution in [0.4, 0.5) is 0 Å². The van der Waals surface area contributed by atoms with Crippen LogP contribution in [-0.2, 0) is 9.53 Å². The van der Waals surface area contributed by atoms with E-state index in [2.05, 4.69) is 5.32 Å². The summed E-state index contributed by atoms with van der Waals surface area (Å²) in [5, 5.41) is 12.0. The van der Waals surface area contributed by atoms with Gasteiger partial charge in [-0.05, 0) is 5.56 Å². The fourth-order valence-electron chi connectivity index (χ4n) is 1.82. The minimum absolute atomic E-state index is 0.552. The van der Waals surface area contributed by atoms with E-state index in [9.17, 15) is 4.79 Å². The normalized spacial score (nSPS) is 28.3. The molecule has 98 valence electrons. The quantitative estimate of drug-likeness (QED) is 0.824. The largest absolute Gasteiger partial charge is 0.479 e. The maximum absolute atomic E-state index is 11.2. The number of alkyl halides is 3. The van der Waals surface area contributed by atoms with Crippen LogP contribution >= 0.6 is 34.8 Å². The lowest BCUT2D eigenvalue weighted by atomic mass is 10.0. The lowest BCUT2D eigenvalue weighted by Crippen LogP contribution is -2.36. The first-order valence-corrected chi connectivity index (χ1v) is 6.29. The number of halogens is 3. The number of hydrogen-bond acceptors (Lipinski definition) is 3. The van der Waals surface area contributed by atoms with Gasteiger partial charge in [-0.3, -0.25) is 5.32 Å². The summed E-state index contributed by atoms with van der Waals surface area (Å²) in [6.07, 6.45) is -2.05. The number of ether oxygens (including phenoxy) is 1. The minimum atomic E-state index is -1.72. The molecule has 1 aliphatic heterocycles. The lowest BCUT2D eigenvalue weighted by Gasteiger charge is -2.19. The van der Waals surface area contributed by atoms with Crippen LogP contribution < -0.4 is 5.32 Å². The molecule has 0 aliphatic carbocycles. The second-order valence-corrected chi connectivity index (χ2v) is 6.24. The Morgan fingerprint density at radius 1 is 1.28 bits per heavy atom. The monoisotopic (exact) mass is 309 g/mol. The highest BCUT2D eigenvalue weighted by Gasteiger charge is 2.47. The average molecular weight is 311 g/mol. The molecule has 3 atom stereocenters. The average Bonchev–Trinajstić information content (AvgIpc) is 2.74. The zero-order chi connectivity index (χ0) is 13.3. The van der Waals surface area contributed by atoms with Gasteiger partial charge in [-0.25, -0.2) is 4.79 Å². The highest BCUT2D eigenvalue weighted by atomic mass is 35.6. The standard InChI is InChI=1S/C11H10Cl3NO3/c12-11(13,14)10-15-7(8(18-10)9(16)17)6-4-2-1-3-5-6/h1-5,7-8,10,15H,(H,16,17)/t7-,8+,10?/m1/s1. The Balaban J connectivity index is 2.26. The Morgan fingerprint density at radius 2 is 1.89 bits per heavy atom. The molecule has 1 aliphatic rings. The molecule has 0 saturated carbocycles. The van der Waals surface area contributed by atoms with Crippen LogP contribution in [0.25, 0.3) is 0 Å². The van der Waals surface area contributed by atoms with E-state index in [1.165, 1.54) is 0 Å². The smallest absolute Gasteiger partial charge is 0.334 e. The van der Waals surface area contributed by atoms with Crippen molar-refractivity contribution in [2.45, 2.75) is 22.2 Å². The molecular weight excluding hydrogens is 300 g/mol. The highest BCUT2D eigenvalue weighted by molar-refractivity contribution is 6.68. The molecule has 7 heteroatoms. The SMILES string of the molecule is O=C(O)[C@H]1OC(C(Cl)(Cl)Cl)N[C@@H]1c1ccccc1. The van der Waals surface area contributed by atoms with Crippen LogP contribution in [0, 0.1) is 0 Å². The molecule has 2 rings (SSSR count). The summed E-state index contributed by atoms with van der Waals surface area (Å²) in [6, 6.07) is 8.47. The molecule has 0 bridgehead atoms. The first kappa shape index (κ1) is 13.9. The molecule has 2 N–H and O–H groups in total. The lowest BCUT2D eigenvalue weighted by molar-refractivity contribution is -0.150. The van der Waals surface area contributed by atoms with Gasteiger partial charge in [-0.1, -0.05) is 65.1 Å². The minimum Gasteiger partial charge on any atom is -0.479 e. The van der Waals surface area contributed by atoms with Crippen LogP contribution in [0.5, 0.6) is 0 Å². The van der Waals surface area contributed by atoms with E-state index < -0.39 is 28.1 Å². The zero-order valence-corrected chi connectivity index (χ0v) is 11.3. The molecule has 0 spiro atoms. The molecule has 1 aromatic rings. The van der Waals surface area contributed by atoms with E-state index >= 15 is 0 Å². The highest BCUT2D eigenvalue weighted by Crippen LogP contribution is 2.38. The van der Waals surface area contributed by atoms with Crippen LogP contribution in [-0.4, -0.2) is 27.2 Å². The predicted molar refractivity (Wildman–Crippen MR) is 68.9 cm³/mol. The fraction of sp³-hybridized carbons (Fsp3) is 0.364. The second kappa shape index (κ2) is 5.23. The summed E-state index contributed by atoms with van der Waals surface area (Å²) < 4.78 is 3.52. The molecule has 0 aromatic heterocycles. The van der Waals surface area contributed by atoms with Gasteiger partial charge in [0.1, 0.15) is 0 Å². The van der Waals surface area contributed by atoms with E-state index in [0.717, 1.165) is 5.56 Å². The molecule has 1 saturated heterocycles. The first-order valence-electron chi connectivity index (χ1n) is 5.15. The molecule has 1 fully saturated rings. The third-order valence-corrected chi connectivity index (χ3v) is 3.21. The van der Waals surface area contributed by atoms with Crippen molar-refractivity contribution in [2.75, 3.05) is 0 Å². The van der Waals surface area contributed by atoms with Crippen LogP contribution in [0.2, 0.25) is 0 Å². The Labute approximate surface area is 119 Å². The molecule has 0 radical (unpaired) electrons. The van der Waals surface area contributed by atoms with Crippen molar-refractivity contribution in [3.05, 3.63) is 35.9 Å². The summed E-state index contributed by atoms with van der Waals surface area (Å²) in [5.74, 6) is -1.10. The summed E-state index contributed by atoms with van der Waals surface area (Å²) >= 11 is 17.1. The van der Waals surface area contributed by atoms with Gasteiger partial charge < -0.3 is 9.84 Å². The van der Waals surface area contributed by atoms with Crippen molar-refractivity contribution in [2.24, 2.45) is 0 Å². The molecule has 1 unspecified atom stereocenters. The van der Waals surface area contributed by atoms with Gasteiger partial charge in [0, 0.05) is 0 Å². The van der Waals surface area contributed by atoms with Crippen LogP contribution in [0.1, 0.15) is 11.6 Å². The van der Waals surface area contributed by atoms with Crippen molar-refractivity contribution >= 4 is 40.8 Å². The number of carbonyl (C=O) groups is 1. The van der Waals surface area contributed by atoms with Gasteiger partial charge in [0.25, 0.3) is 0 Å². The Bertz CT molecular complexity index is 435. The number of benzene rings is 1. The third-order valence-electron chi connectivity index (χ3n) is 2.62. The topological polar surface area (TPSA) is 58.6 Å². The van der Waals surface area contributed by atoms with Crippen molar-refractivity contribution in [1.82, 2.24) is 5.32 Å². The first-order chi connectivity index (χ1) is 8.39. The Hall–Kier alpha value is -0.520. The molecular formula is C11H10Cl3NO3. The maximum Gasteiger partial charge on any atom is 0.334 e. The number of hydrogen-bond donors (Lipinski definition) is 2. The van der Waals surface area contributed by atoms with Crippen LogP contribution in [0.15, 0.2) is 30.3 Å². The van der Waals surface area contributed by atoms with Gasteiger partial charge in [0.05, 0.1) is 6.04 Å². The van der Waals surface area contributed by atoms with Crippen molar-refractivity contribution in [1.29, 1.82) is 0 Å². The van der Waals surface area contributed by atoms with Gasteiger partial charge in [0.15, 0.2) is 12.3 Å². The zero-order valence-electron chi connectivity index (χ0n) is 9.02. The molecule has 0 amide bonds. The molecule has 4 nitrogen and oxygen atoms in total. The van der Waals surface area contributed by atoms with Crippen molar-refractivity contribution in [3.63, 3.8) is 0 Å². The summed E-state index contributed by atoms with van der Waals surface area (Å²) in [4.78, 5) is 11.2. The number of nitrogens with one attached hydrogen (secondary N) is 1. The predicted octanol–water partition coefficient (Wildman–Crippen LogP) is 2.50. The maximum atomic E-state index is 11.2. The van der Waals surface area contributed by atoms with E-state index in [1.807, 2.05) is 6.07 Å². The summed E-state index contributed by atoms with van der Waals surface area (Å²) in [6.45, 7) is 0. The van der Waals surface area contributed by atoms with Crippen molar-refractivity contribution < 1.29 is 14.6 Å².